The van der Waals surface area contributed by atoms with E-state index in [9.17, 15) is 0 Å². The molecule has 0 aromatic heterocycles. The lowest BCUT2D eigenvalue weighted by Crippen LogP contribution is -2.32. The zero-order chi connectivity index (χ0) is 12.7. The van der Waals surface area contributed by atoms with Crippen molar-refractivity contribution in [1.82, 2.24) is 0 Å². The van der Waals surface area contributed by atoms with Gasteiger partial charge in [-0.25, -0.2) is 0 Å². The third-order valence-corrected chi connectivity index (χ3v) is 4.74. The first-order valence-corrected chi connectivity index (χ1v) is 7.28. The van der Waals surface area contributed by atoms with Crippen LogP contribution in [0.5, 0.6) is 0 Å². The largest absolute Gasteiger partial charge is 0.409 e. The van der Waals surface area contributed by atoms with Crippen molar-refractivity contribution in [2.24, 2.45) is 16.3 Å². The molecule has 0 atom stereocenters. The molecule has 0 aromatic rings. The van der Waals surface area contributed by atoms with E-state index < -0.39 is 0 Å². The van der Waals surface area contributed by atoms with Crippen LogP contribution in [-0.2, 0) is 4.74 Å². The van der Waals surface area contributed by atoms with Gasteiger partial charge in [0.25, 0.3) is 0 Å². The maximum atomic E-state index is 8.67. The fraction of sp³-hybridized carbons (Fsp3) is 0.917. The van der Waals surface area contributed by atoms with Gasteiger partial charge in [-0.15, -0.1) is 0 Å². The SMILES string of the molecule is CC(C)(CCCSC1CCOCC1)C(N)=NO. The van der Waals surface area contributed by atoms with Crippen LogP contribution in [0.3, 0.4) is 0 Å². The number of oxime groups is 1. The first kappa shape index (κ1) is 14.6. The van der Waals surface area contributed by atoms with Crippen molar-refractivity contribution >= 4 is 17.6 Å². The summed E-state index contributed by atoms with van der Waals surface area (Å²) in [6.07, 6.45) is 4.41. The Labute approximate surface area is 108 Å². The molecule has 0 aliphatic carbocycles. The highest BCUT2D eigenvalue weighted by molar-refractivity contribution is 7.99. The van der Waals surface area contributed by atoms with Gasteiger partial charge in [0.15, 0.2) is 0 Å². The highest BCUT2D eigenvalue weighted by Crippen LogP contribution is 2.27. The molecule has 0 unspecified atom stereocenters. The van der Waals surface area contributed by atoms with E-state index in [2.05, 4.69) is 5.16 Å². The number of hydrogen-bond donors (Lipinski definition) is 2. The molecule has 1 rings (SSSR count). The first-order chi connectivity index (χ1) is 8.06. The standard InChI is InChI=1S/C12H24N2O2S/c1-12(2,11(13)14-15)6-3-9-17-10-4-7-16-8-5-10/h10,15H,3-9H2,1-2H3,(H2,13,14). The van der Waals surface area contributed by atoms with Gasteiger partial charge in [0.1, 0.15) is 5.84 Å². The molecule has 4 nitrogen and oxygen atoms in total. The number of rotatable bonds is 6. The molecule has 0 amide bonds. The average Bonchev–Trinajstić information content (AvgIpc) is 2.35. The van der Waals surface area contributed by atoms with Crippen molar-refractivity contribution in [1.29, 1.82) is 0 Å². The maximum Gasteiger partial charge on any atom is 0.144 e. The lowest BCUT2D eigenvalue weighted by Gasteiger charge is -2.24. The highest BCUT2D eigenvalue weighted by atomic mass is 32.2. The fourth-order valence-corrected chi connectivity index (χ4v) is 3.04. The third kappa shape index (κ3) is 5.17. The number of thioether (sulfide) groups is 1. The van der Waals surface area contributed by atoms with Crippen molar-refractivity contribution in [3.63, 3.8) is 0 Å². The monoisotopic (exact) mass is 260 g/mol. The smallest absolute Gasteiger partial charge is 0.144 e. The summed E-state index contributed by atoms with van der Waals surface area (Å²) in [5.74, 6) is 1.47. The molecule has 1 fully saturated rings. The van der Waals surface area contributed by atoms with Gasteiger partial charge in [-0.2, -0.15) is 11.8 Å². The Bertz CT molecular complexity index is 251. The van der Waals surface area contributed by atoms with Crippen LogP contribution in [0.25, 0.3) is 0 Å². The van der Waals surface area contributed by atoms with Crippen LogP contribution in [0, 0.1) is 5.41 Å². The average molecular weight is 260 g/mol. The molecule has 1 aliphatic rings. The molecule has 1 heterocycles. The summed E-state index contributed by atoms with van der Waals surface area (Å²) < 4.78 is 5.33. The van der Waals surface area contributed by atoms with Crippen molar-refractivity contribution in [2.75, 3.05) is 19.0 Å². The van der Waals surface area contributed by atoms with Crippen molar-refractivity contribution in [3.05, 3.63) is 0 Å². The lowest BCUT2D eigenvalue weighted by molar-refractivity contribution is 0.1000. The van der Waals surface area contributed by atoms with Gasteiger partial charge in [-0.05, 0) is 31.4 Å². The Morgan fingerprint density at radius 1 is 1.47 bits per heavy atom. The van der Waals surface area contributed by atoms with E-state index in [1.54, 1.807) is 0 Å². The molecule has 17 heavy (non-hydrogen) atoms. The van der Waals surface area contributed by atoms with Crippen molar-refractivity contribution in [3.8, 4) is 0 Å². The highest BCUT2D eigenvalue weighted by Gasteiger charge is 2.23. The molecule has 0 bridgehead atoms. The quantitative estimate of drug-likeness (QED) is 0.253. The Morgan fingerprint density at radius 3 is 2.71 bits per heavy atom. The van der Waals surface area contributed by atoms with Gasteiger partial charge < -0.3 is 15.7 Å². The molecule has 1 saturated heterocycles. The summed E-state index contributed by atoms with van der Waals surface area (Å²) in [6.45, 7) is 5.85. The Hall–Kier alpha value is -0.420. The van der Waals surface area contributed by atoms with Crippen LogP contribution in [0.4, 0.5) is 0 Å². The Balaban J connectivity index is 2.14. The van der Waals surface area contributed by atoms with Crippen molar-refractivity contribution in [2.45, 2.75) is 44.8 Å². The second-order valence-electron chi connectivity index (χ2n) is 5.16. The summed E-state index contributed by atoms with van der Waals surface area (Å²) in [5, 5.41) is 12.5. The minimum Gasteiger partial charge on any atom is -0.409 e. The Morgan fingerprint density at radius 2 is 2.12 bits per heavy atom. The minimum absolute atomic E-state index is 0.203. The van der Waals surface area contributed by atoms with E-state index in [1.807, 2.05) is 25.6 Å². The van der Waals surface area contributed by atoms with Gasteiger partial charge in [0.2, 0.25) is 0 Å². The normalized spacial score (nSPS) is 19.5. The fourth-order valence-electron chi connectivity index (χ4n) is 1.87. The number of amidine groups is 1. The van der Waals surface area contributed by atoms with E-state index in [1.165, 1.54) is 12.8 Å². The lowest BCUT2D eigenvalue weighted by atomic mass is 9.87. The van der Waals surface area contributed by atoms with Crippen LogP contribution in [0.1, 0.15) is 39.5 Å². The summed E-state index contributed by atoms with van der Waals surface area (Å²) in [4.78, 5) is 0. The van der Waals surface area contributed by atoms with Gasteiger partial charge in [0, 0.05) is 23.9 Å². The topological polar surface area (TPSA) is 67.8 Å². The summed E-state index contributed by atoms with van der Waals surface area (Å²) in [5.41, 5.74) is 5.45. The molecule has 0 spiro atoms. The van der Waals surface area contributed by atoms with Crippen LogP contribution >= 0.6 is 11.8 Å². The predicted octanol–water partition coefficient (Wildman–Crippen LogP) is 2.45. The zero-order valence-corrected chi connectivity index (χ0v) is 11.6. The van der Waals surface area contributed by atoms with Crippen LogP contribution in [-0.4, -0.2) is 35.3 Å². The van der Waals surface area contributed by atoms with Crippen LogP contribution < -0.4 is 5.73 Å². The molecule has 3 N–H and O–H groups in total. The summed E-state index contributed by atoms with van der Waals surface area (Å²) in [7, 11) is 0. The summed E-state index contributed by atoms with van der Waals surface area (Å²) >= 11 is 2.03. The molecule has 0 radical (unpaired) electrons. The van der Waals surface area contributed by atoms with Gasteiger partial charge >= 0.3 is 0 Å². The molecular formula is C12H24N2O2S. The maximum absolute atomic E-state index is 8.67. The zero-order valence-electron chi connectivity index (χ0n) is 10.8. The first-order valence-electron chi connectivity index (χ1n) is 6.23. The predicted molar refractivity (Wildman–Crippen MR) is 72.7 cm³/mol. The van der Waals surface area contributed by atoms with Crippen molar-refractivity contribution < 1.29 is 9.94 Å². The molecule has 0 saturated carbocycles. The van der Waals surface area contributed by atoms with Crippen LogP contribution in [0.2, 0.25) is 0 Å². The van der Waals surface area contributed by atoms with E-state index in [4.69, 9.17) is 15.7 Å². The minimum atomic E-state index is -0.203. The molecule has 1 aliphatic heterocycles. The van der Waals surface area contributed by atoms with Gasteiger partial charge in [0.05, 0.1) is 0 Å². The van der Waals surface area contributed by atoms with Gasteiger partial charge in [-0.1, -0.05) is 19.0 Å². The molecular weight excluding hydrogens is 236 g/mol. The summed E-state index contributed by atoms with van der Waals surface area (Å²) in [6, 6.07) is 0. The number of ether oxygens (including phenoxy) is 1. The number of hydrogen-bond acceptors (Lipinski definition) is 4. The second kappa shape index (κ2) is 7.11. The Kier molecular flexibility index (Phi) is 6.12. The van der Waals surface area contributed by atoms with Gasteiger partial charge in [-0.3, -0.25) is 0 Å². The third-order valence-electron chi connectivity index (χ3n) is 3.27. The van der Waals surface area contributed by atoms with E-state index in [0.29, 0.717) is 5.84 Å². The van der Waals surface area contributed by atoms with E-state index in [-0.39, 0.29) is 5.41 Å². The second-order valence-corrected chi connectivity index (χ2v) is 6.56. The van der Waals surface area contributed by atoms with E-state index in [0.717, 1.165) is 37.1 Å². The molecule has 5 heteroatoms. The molecule has 0 aromatic carbocycles. The number of nitrogens with two attached hydrogens (primary N) is 1. The van der Waals surface area contributed by atoms with Crippen LogP contribution in [0.15, 0.2) is 5.16 Å². The molecule has 100 valence electrons. The number of nitrogens with zero attached hydrogens (tertiary/aromatic N) is 1. The van der Waals surface area contributed by atoms with E-state index >= 15 is 0 Å².